The number of thiophene rings is 1. The summed E-state index contributed by atoms with van der Waals surface area (Å²) in [5, 5.41) is 0. The molecule has 0 amide bonds. The van der Waals surface area contributed by atoms with Gasteiger partial charge in [-0.05, 0) is 19.1 Å². The number of rotatable bonds is 4. The van der Waals surface area contributed by atoms with E-state index in [1.165, 1.54) is 4.88 Å². The van der Waals surface area contributed by atoms with E-state index in [9.17, 15) is 0 Å². The zero-order valence-electron chi connectivity index (χ0n) is 10.8. The number of imidazole rings is 1. The Morgan fingerprint density at radius 2 is 2.06 bits per heavy atom. The highest BCUT2D eigenvalue weighted by molar-refractivity contribution is 7.16. The first kappa shape index (κ1) is 13.6. The number of aromatic nitrogens is 2. The second kappa shape index (κ2) is 5.43. The Balaban J connectivity index is 2.45. The molecular weight excluding hydrogens is 266 g/mol. The summed E-state index contributed by atoms with van der Waals surface area (Å²) in [4.78, 5) is 5.61. The Kier molecular flexibility index (Phi) is 4.10. The topological polar surface area (TPSA) is 43.8 Å². The lowest BCUT2D eigenvalue weighted by Crippen LogP contribution is -2.30. The number of hydrogen-bond donors (Lipinski definition) is 1. The molecule has 0 aliphatic heterocycles. The summed E-state index contributed by atoms with van der Waals surface area (Å²) < 4.78 is 2.96. The highest BCUT2D eigenvalue weighted by Crippen LogP contribution is 2.32. The fraction of sp³-hybridized carbons (Fsp3) is 0.462. The first-order chi connectivity index (χ1) is 8.50. The predicted octanol–water partition coefficient (Wildman–Crippen LogP) is 3.66. The lowest BCUT2D eigenvalue weighted by Gasteiger charge is -2.24. The van der Waals surface area contributed by atoms with Crippen LogP contribution in [0.2, 0.25) is 4.34 Å². The average molecular weight is 284 g/mol. The predicted molar refractivity (Wildman–Crippen MR) is 77.4 cm³/mol. The lowest BCUT2D eigenvalue weighted by atomic mass is 10.1. The molecule has 0 saturated carbocycles. The molecular formula is C13H18ClN3S. The van der Waals surface area contributed by atoms with Crippen molar-refractivity contribution in [1.82, 2.24) is 9.55 Å². The summed E-state index contributed by atoms with van der Waals surface area (Å²) in [5.41, 5.74) is 6.15. The van der Waals surface area contributed by atoms with Crippen LogP contribution in [0, 0.1) is 0 Å². The smallest absolute Gasteiger partial charge is 0.111 e. The SMILES string of the molecule is CC(C)c1nccn1C(c1ccc(Cl)s1)C(C)N. The number of nitrogens with zero attached hydrogens (tertiary/aromatic N) is 2. The molecule has 2 atom stereocenters. The van der Waals surface area contributed by atoms with Crippen LogP contribution in [-0.2, 0) is 0 Å². The lowest BCUT2D eigenvalue weighted by molar-refractivity contribution is 0.478. The molecule has 2 aromatic heterocycles. The largest absolute Gasteiger partial charge is 0.326 e. The van der Waals surface area contributed by atoms with Crippen LogP contribution >= 0.6 is 22.9 Å². The van der Waals surface area contributed by atoms with E-state index >= 15 is 0 Å². The molecule has 0 aliphatic carbocycles. The molecule has 2 aromatic rings. The fourth-order valence-corrected chi connectivity index (χ4v) is 3.42. The van der Waals surface area contributed by atoms with Crippen molar-refractivity contribution < 1.29 is 0 Å². The molecule has 0 aromatic carbocycles. The van der Waals surface area contributed by atoms with Gasteiger partial charge in [0.05, 0.1) is 10.4 Å². The first-order valence-electron chi connectivity index (χ1n) is 6.04. The van der Waals surface area contributed by atoms with E-state index in [0.29, 0.717) is 5.92 Å². The molecule has 0 spiro atoms. The standard InChI is InChI=1S/C13H18ClN3S/c1-8(2)13-16-6-7-17(13)12(9(3)15)10-4-5-11(14)18-10/h4-9,12H,15H2,1-3H3. The van der Waals surface area contributed by atoms with Crippen molar-refractivity contribution in [1.29, 1.82) is 0 Å². The molecule has 0 fully saturated rings. The number of halogens is 1. The van der Waals surface area contributed by atoms with Crippen LogP contribution in [0.1, 0.15) is 43.4 Å². The maximum absolute atomic E-state index is 6.15. The second-order valence-corrected chi connectivity index (χ2v) is 6.54. The summed E-state index contributed by atoms with van der Waals surface area (Å²) in [6, 6.07) is 4.07. The number of hydrogen-bond acceptors (Lipinski definition) is 3. The molecule has 0 bridgehead atoms. The zero-order valence-corrected chi connectivity index (χ0v) is 12.4. The maximum Gasteiger partial charge on any atom is 0.111 e. The van der Waals surface area contributed by atoms with E-state index in [4.69, 9.17) is 17.3 Å². The molecule has 18 heavy (non-hydrogen) atoms. The monoisotopic (exact) mass is 283 g/mol. The van der Waals surface area contributed by atoms with Gasteiger partial charge in [0.2, 0.25) is 0 Å². The maximum atomic E-state index is 6.15. The van der Waals surface area contributed by atoms with E-state index in [2.05, 4.69) is 23.4 Å². The van der Waals surface area contributed by atoms with Crippen molar-refractivity contribution in [3.8, 4) is 0 Å². The molecule has 2 N–H and O–H groups in total. The minimum absolute atomic E-state index is 0.00594. The molecule has 0 saturated heterocycles. The molecule has 5 heteroatoms. The Morgan fingerprint density at radius 1 is 1.33 bits per heavy atom. The van der Waals surface area contributed by atoms with Crippen molar-refractivity contribution in [2.45, 2.75) is 38.8 Å². The molecule has 2 heterocycles. The van der Waals surface area contributed by atoms with E-state index in [0.717, 1.165) is 10.2 Å². The molecule has 2 rings (SSSR count). The highest BCUT2D eigenvalue weighted by Gasteiger charge is 2.23. The van der Waals surface area contributed by atoms with Gasteiger partial charge < -0.3 is 10.3 Å². The quantitative estimate of drug-likeness (QED) is 0.931. The van der Waals surface area contributed by atoms with Crippen molar-refractivity contribution >= 4 is 22.9 Å². The van der Waals surface area contributed by atoms with Gasteiger partial charge in [0.25, 0.3) is 0 Å². The summed E-state index contributed by atoms with van der Waals surface area (Å²) in [5.74, 6) is 1.43. The van der Waals surface area contributed by atoms with E-state index in [-0.39, 0.29) is 12.1 Å². The van der Waals surface area contributed by atoms with E-state index in [1.54, 1.807) is 11.3 Å². The average Bonchev–Trinajstić information content (AvgIpc) is 2.88. The van der Waals surface area contributed by atoms with Gasteiger partial charge in [-0.1, -0.05) is 25.4 Å². The molecule has 98 valence electrons. The van der Waals surface area contributed by atoms with E-state index < -0.39 is 0 Å². The first-order valence-corrected chi connectivity index (χ1v) is 7.23. The molecule has 0 radical (unpaired) electrons. The third kappa shape index (κ3) is 2.60. The van der Waals surface area contributed by atoms with Crippen LogP contribution in [0.3, 0.4) is 0 Å². The van der Waals surface area contributed by atoms with Gasteiger partial charge in [-0.15, -0.1) is 11.3 Å². The van der Waals surface area contributed by atoms with Gasteiger partial charge in [0.15, 0.2) is 0 Å². The zero-order chi connectivity index (χ0) is 13.3. The Labute approximate surface area is 117 Å². The normalized spacial score (nSPS) is 15.0. The number of nitrogens with two attached hydrogens (primary N) is 1. The van der Waals surface area contributed by atoms with Crippen LogP contribution in [-0.4, -0.2) is 15.6 Å². The van der Waals surface area contributed by atoms with Gasteiger partial charge in [0.1, 0.15) is 5.82 Å². The van der Waals surface area contributed by atoms with E-state index in [1.807, 2.05) is 31.5 Å². The second-order valence-electron chi connectivity index (χ2n) is 4.79. The van der Waals surface area contributed by atoms with Crippen molar-refractivity contribution in [3.63, 3.8) is 0 Å². The molecule has 0 aliphatic rings. The van der Waals surface area contributed by atoms with Crippen molar-refractivity contribution in [2.75, 3.05) is 0 Å². The van der Waals surface area contributed by atoms with Crippen LogP contribution < -0.4 is 5.73 Å². The van der Waals surface area contributed by atoms with Crippen molar-refractivity contribution in [3.05, 3.63) is 39.6 Å². The minimum atomic E-state index is 0.00594. The Hall–Kier alpha value is -0.840. The van der Waals surface area contributed by atoms with Gasteiger partial charge in [0, 0.05) is 29.2 Å². The van der Waals surface area contributed by atoms with Crippen LogP contribution in [0.5, 0.6) is 0 Å². The van der Waals surface area contributed by atoms with Crippen LogP contribution in [0.15, 0.2) is 24.5 Å². The summed E-state index contributed by atoms with van der Waals surface area (Å²) in [7, 11) is 0. The third-order valence-corrected chi connectivity index (χ3v) is 4.20. The van der Waals surface area contributed by atoms with Crippen LogP contribution in [0.25, 0.3) is 0 Å². The fourth-order valence-electron chi connectivity index (χ4n) is 2.14. The van der Waals surface area contributed by atoms with Gasteiger partial charge in [-0.3, -0.25) is 0 Å². The third-order valence-electron chi connectivity index (χ3n) is 2.90. The van der Waals surface area contributed by atoms with Gasteiger partial charge in [-0.2, -0.15) is 0 Å². The highest BCUT2D eigenvalue weighted by atomic mass is 35.5. The van der Waals surface area contributed by atoms with Crippen LogP contribution in [0.4, 0.5) is 0 Å². The molecule has 2 unspecified atom stereocenters. The molecule has 3 nitrogen and oxygen atoms in total. The summed E-state index contributed by atoms with van der Waals surface area (Å²) in [6.07, 6.45) is 3.83. The minimum Gasteiger partial charge on any atom is -0.326 e. The van der Waals surface area contributed by atoms with Gasteiger partial charge in [-0.25, -0.2) is 4.98 Å². The Morgan fingerprint density at radius 3 is 2.56 bits per heavy atom. The summed E-state index contributed by atoms with van der Waals surface area (Å²) >= 11 is 7.61. The van der Waals surface area contributed by atoms with Crippen molar-refractivity contribution in [2.24, 2.45) is 5.73 Å². The Bertz CT molecular complexity index is 516. The van der Waals surface area contributed by atoms with Gasteiger partial charge >= 0.3 is 0 Å². The summed E-state index contributed by atoms with van der Waals surface area (Å²) in [6.45, 7) is 6.29.